The second kappa shape index (κ2) is 12.3. The molecule has 198 valence electrons. The molecule has 0 unspecified atom stereocenters. The van der Waals surface area contributed by atoms with E-state index in [2.05, 4.69) is 4.98 Å². The number of amides is 2. The number of pyridine rings is 1. The first kappa shape index (κ1) is 26.8. The molecule has 0 saturated carbocycles. The SMILES string of the molecule is C[C@H](CO)N1C[C@H](C)[C@@H](CN(C)C(=O)C2CCOCC2)Oc2ncc(/C=C/c3ccccc3)cc2C1=O. The molecule has 1 N–H and O–H groups in total. The average Bonchev–Trinajstić information content (AvgIpc) is 2.94. The van der Waals surface area contributed by atoms with Crippen LogP contribution in [-0.2, 0) is 9.53 Å². The van der Waals surface area contributed by atoms with E-state index in [1.807, 2.05) is 56.3 Å². The second-order valence-corrected chi connectivity index (χ2v) is 10.1. The number of fused-ring (bicyclic) bond motifs is 1. The third kappa shape index (κ3) is 6.56. The van der Waals surface area contributed by atoms with Gasteiger partial charge in [-0.3, -0.25) is 9.59 Å². The Kier molecular flexibility index (Phi) is 8.95. The molecule has 0 bridgehead atoms. The van der Waals surface area contributed by atoms with Gasteiger partial charge < -0.3 is 24.4 Å². The second-order valence-electron chi connectivity index (χ2n) is 10.1. The summed E-state index contributed by atoms with van der Waals surface area (Å²) in [4.78, 5) is 34.6. The lowest BCUT2D eigenvalue weighted by molar-refractivity contribution is -0.138. The highest BCUT2D eigenvalue weighted by atomic mass is 16.5. The highest BCUT2D eigenvalue weighted by Gasteiger charge is 2.35. The number of hydrogen-bond donors (Lipinski definition) is 1. The zero-order valence-corrected chi connectivity index (χ0v) is 21.9. The van der Waals surface area contributed by atoms with Crippen molar-refractivity contribution in [2.45, 2.75) is 38.8 Å². The smallest absolute Gasteiger partial charge is 0.259 e. The fourth-order valence-electron chi connectivity index (χ4n) is 4.80. The molecular formula is C29H37N3O5. The molecule has 2 aliphatic rings. The minimum atomic E-state index is -0.369. The van der Waals surface area contributed by atoms with E-state index in [0.29, 0.717) is 31.9 Å². The maximum absolute atomic E-state index is 13.6. The van der Waals surface area contributed by atoms with E-state index in [-0.39, 0.29) is 48.3 Å². The van der Waals surface area contributed by atoms with Gasteiger partial charge in [0, 0.05) is 44.8 Å². The van der Waals surface area contributed by atoms with E-state index in [1.54, 1.807) is 29.1 Å². The van der Waals surface area contributed by atoms with E-state index in [1.165, 1.54) is 0 Å². The molecular weight excluding hydrogens is 470 g/mol. The van der Waals surface area contributed by atoms with Gasteiger partial charge in [-0.1, -0.05) is 49.4 Å². The molecule has 4 rings (SSSR count). The molecule has 1 fully saturated rings. The Labute approximate surface area is 218 Å². The minimum Gasteiger partial charge on any atom is -0.472 e. The summed E-state index contributed by atoms with van der Waals surface area (Å²) in [6.07, 6.45) is 6.65. The zero-order valence-electron chi connectivity index (χ0n) is 21.9. The summed E-state index contributed by atoms with van der Waals surface area (Å²) in [6.45, 7) is 5.67. The Morgan fingerprint density at radius 2 is 1.92 bits per heavy atom. The molecule has 2 aliphatic heterocycles. The van der Waals surface area contributed by atoms with Crippen molar-refractivity contribution < 1.29 is 24.2 Å². The summed E-state index contributed by atoms with van der Waals surface area (Å²) < 4.78 is 11.8. The van der Waals surface area contributed by atoms with Crippen LogP contribution in [0, 0.1) is 11.8 Å². The highest BCUT2D eigenvalue weighted by Crippen LogP contribution is 2.28. The van der Waals surface area contributed by atoms with Crippen LogP contribution in [0.3, 0.4) is 0 Å². The van der Waals surface area contributed by atoms with Crippen molar-refractivity contribution in [2.24, 2.45) is 11.8 Å². The van der Waals surface area contributed by atoms with Crippen LogP contribution in [0.2, 0.25) is 0 Å². The Bertz CT molecular complexity index is 1100. The third-order valence-corrected chi connectivity index (χ3v) is 7.21. The Morgan fingerprint density at radius 1 is 1.22 bits per heavy atom. The van der Waals surface area contributed by atoms with Crippen molar-refractivity contribution in [3.63, 3.8) is 0 Å². The van der Waals surface area contributed by atoms with Crippen molar-refractivity contribution >= 4 is 24.0 Å². The van der Waals surface area contributed by atoms with Crippen LogP contribution in [0.5, 0.6) is 5.88 Å². The first-order valence-corrected chi connectivity index (χ1v) is 13.0. The van der Waals surface area contributed by atoms with E-state index in [4.69, 9.17) is 9.47 Å². The number of rotatable bonds is 7. The number of likely N-dealkylation sites (N-methyl/N-ethyl adjacent to an activating group) is 1. The van der Waals surface area contributed by atoms with Crippen LogP contribution in [0.1, 0.15) is 48.2 Å². The van der Waals surface area contributed by atoms with Crippen molar-refractivity contribution in [2.75, 3.05) is 40.0 Å². The lowest BCUT2D eigenvalue weighted by atomic mass is 9.97. The number of nitrogens with zero attached hydrogens (tertiary/aromatic N) is 3. The largest absolute Gasteiger partial charge is 0.472 e. The predicted octanol–water partition coefficient (Wildman–Crippen LogP) is 3.36. The van der Waals surface area contributed by atoms with E-state index < -0.39 is 0 Å². The zero-order chi connectivity index (χ0) is 26.4. The molecule has 2 amide bonds. The molecule has 0 spiro atoms. The number of hydrogen-bond acceptors (Lipinski definition) is 6. The molecule has 37 heavy (non-hydrogen) atoms. The van der Waals surface area contributed by atoms with Crippen LogP contribution >= 0.6 is 0 Å². The van der Waals surface area contributed by atoms with Crippen LogP contribution in [0.4, 0.5) is 0 Å². The van der Waals surface area contributed by atoms with Gasteiger partial charge in [-0.25, -0.2) is 4.98 Å². The van der Waals surface area contributed by atoms with Gasteiger partial charge in [-0.15, -0.1) is 0 Å². The number of carbonyl (C=O) groups is 2. The summed E-state index contributed by atoms with van der Waals surface area (Å²) in [5, 5.41) is 9.88. The maximum atomic E-state index is 13.6. The third-order valence-electron chi connectivity index (χ3n) is 7.21. The van der Waals surface area contributed by atoms with Gasteiger partial charge >= 0.3 is 0 Å². The Hall–Kier alpha value is -3.23. The van der Waals surface area contributed by atoms with E-state index in [0.717, 1.165) is 24.0 Å². The quantitative estimate of drug-likeness (QED) is 0.618. The molecule has 0 radical (unpaired) electrons. The topological polar surface area (TPSA) is 92.2 Å². The molecule has 8 nitrogen and oxygen atoms in total. The molecule has 1 saturated heterocycles. The number of benzene rings is 1. The Morgan fingerprint density at radius 3 is 2.62 bits per heavy atom. The number of aliphatic hydroxyl groups excluding tert-OH is 1. The maximum Gasteiger partial charge on any atom is 0.259 e. The minimum absolute atomic E-state index is 0.0422. The molecule has 2 aromatic rings. The number of carbonyl (C=O) groups excluding carboxylic acids is 2. The summed E-state index contributed by atoms with van der Waals surface area (Å²) in [5.41, 5.74) is 2.16. The molecule has 0 aliphatic carbocycles. The first-order valence-electron chi connectivity index (χ1n) is 13.0. The van der Waals surface area contributed by atoms with Crippen LogP contribution in [-0.4, -0.2) is 83.8 Å². The van der Waals surface area contributed by atoms with Gasteiger partial charge in [-0.2, -0.15) is 0 Å². The first-order chi connectivity index (χ1) is 17.9. The van der Waals surface area contributed by atoms with Gasteiger partial charge in [0.2, 0.25) is 11.8 Å². The fourth-order valence-corrected chi connectivity index (χ4v) is 4.80. The van der Waals surface area contributed by atoms with Crippen LogP contribution < -0.4 is 4.74 Å². The van der Waals surface area contributed by atoms with Crippen LogP contribution in [0.25, 0.3) is 12.2 Å². The number of ether oxygens (including phenoxy) is 2. The van der Waals surface area contributed by atoms with E-state index >= 15 is 0 Å². The summed E-state index contributed by atoms with van der Waals surface area (Å²) in [5.74, 6) is -0.0150. The van der Waals surface area contributed by atoms with Gasteiger partial charge in [0.1, 0.15) is 11.7 Å². The average molecular weight is 508 g/mol. The lowest BCUT2D eigenvalue weighted by Gasteiger charge is -2.38. The molecule has 1 aromatic heterocycles. The van der Waals surface area contributed by atoms with Gasteiger partial charge in [-0.05, 0) is 37.0 Å². The molecule has 1 aromatic carbocycles. The van der Waals surface area contributed by atoms with Crippen LogP contribution in [0.15, 0.2) is 42.6 Å². The van der Waals surface area contributed by atoms with E-state index in [9.17, 15) is 14.7 Å². The summed E-state index contributed by atoms with van der Waals surface area (Å²) >= 11 is 0. The molecule has 3 atom stereocenters. The van der Waals surface area contributed by atoms with Crippen molar-refractivity contribution in [3.05, 3.63) is 59.3 Å². The van der Waals surface area contributed by atoms with Gasteiger partial charge in [0.25, 0.3) is 5.91 Å². The number of aliphatic hydroxyl groups is 1. The standard InChI is InChI=1S/C29H37N3O5/c1-20-17-32(21(2)19-33)29(35)25-15-23(10-9-22-7-5-4-6-8-22)16-30-27(25)37-26(20)18-31(3)28(34)24-11-13-36-14-12-24/h4-10,15-16,20-21,24,26,33H,11-14,17-19H2,1-3H3/b10-9+/t20-,21+,26+/m0/s1. The van der Waals surface area contributed by atoms with Crippen molar-refractivity contribution in [1.29, 1.82) is 0 Å². The normalized spacial score (nSPS) is 21.6. The fraction of sp³-hybridized carbons (Fsp3) is 0.483. The van der Waals surface area contributed by atoms with Crippen molar-refractivity contribution in [3.8, 4) is 5.88 Å². The van der Waals surface area contributed by atoms with Gasteiger partial charge in [0.05, 0.1) is 19.2 Å². The van der Waals surface area contributed by atoms with Gasteiger partial charge in [0.15, 0.2) is 0 Å². The molecule has 3 heterocycles. The Balaban J connectivity index is 1.60. The summed E-state index contributed by atoms with van der Waals surface area (Å²) in [7, 11) is 1.80. The predicted molar refractivity (Wildman–Crippen MR) is 142 cm³/mol. The van der Waals surface area contributed by atoms with Crippen molar-refractivity contribution in [1.82, 2.24) is 14.8 Å². The molecule has 8 heteroatoms. The number of aromatic nitrogens is 1. The summed E-state index contributed by atoms with van der Waals surface area (Å²) in [6, 6.07) is 11.3. The highest BCUT2D eigenvalue weighted by molar-refractivity contribution is 5.97. The monoisotopic (exact) mass is 507 g/mol. The lowest BCUT2D eigenvalue weighted by Crippen LogP contribution is -2.51.